The first kappa shape index (κ1) is 12.6. The number of nitrogens with one attached hydrogen (secondary N) is 3. The third-order valence-corrected chi connectivity index (χ3v) is 5.02. The standard InChI is InChI=1S/C15H16N4OS/c1-8-10-6-9(2-3-11(10)19-18-8)16-15(20)13-7-14-12(17-13)4-5-21-14/h4-5,7,9,17H,2-3,6H2,1H3,(H,16,20)(H,18,19). The van der Waals surface area contributed by atoms with E-state index in [2.05, 4.69) is 20.5 Å². The van der Waals surface area contributed by atoms with Crippen LogP contribution in [0.5, 0.6) is 0 Å². The van der Waals surface area contributed by atoms with Crippen LogP contribution in [0.4, 0.5) is 0 Å². The van der Waals surface area contributed by atoms with E-state index >= 15 is 0 Å². The molecule has 5 nitrogen and oxygen atoms in total. The minimum atomic E-state index is -0.0204. The molecule has 0 aromatic carbocycles. The van der Waals surface area contributed by atoms with Gasteiger partial charge in [-0.1, -0.05) is 0 Å². The van der Waals surface area contributed by atoms with Crippen molar-refractivity contribution in [2.45, 2.75) is 32.2 Å². The van der Waals surface area contributed by atoms with Gasteiger partial charge in [-0.2, -0.15) is 5.10 Å². The first-order valence-corrected chi connectivity index (χ1v) is 7.98. The molecule has 1 aliphatic rings. The minimum Gasteiger partial charge on any atom is -0.350 e. The second-order valence-electron chi connectivity index (χ2n) is 5.57. The normalized spacial score (nSPS) is 17.9. The number of hydrogen-bond donors (Lipinski definition) is 3. The first-order valence-electron chi connectivity index (χ1n) is 7.10. The molecule has 0 aliphatic heterocycles. The number of rotatable bonds is 2. The van der Waals surface area contributed by atoms with Crippen LogP contribution < -0.4 is 5.32 Å². The Morgan fingerprint density at radius 2 is 2.43 bits per heavy atom. The Hall–Kier alpha value is -2.08. The van der Waals surface area contributed by atoms with Gasteiger partial charge < -0.3 is 10.3 Å². The van der Waals surface area contributed by atoms with Gasteiger partial charge in [0.1, 0.15) is 5.69 Å². The van der Waals surface area contributed by atoms with Crippen LogP contribution in [0.3, 0.4) is 0 Å². The number of nitrogens with zero attached hydrogens (tertiary/aromatic N) is 1. The molecule has 3 heterocycles. The van der Waals surface area contributed by atoms with Gasteiger partial charge in [0, 0.05) is 11.7 Å². The van der Waals surface area contributed by atoms with Gasteiger partial charge in [-0.25, -0.2) is 0 Å². The van der Waals surface area contributed by atoms with Crippen LogP contribution in [0, 0.1) is 6.92 Å². The van der Waals surface area contributed by atoms with E-state index in [4.69, 9.17) is 0 Å². The lowest BCUT2D eigenvalue weighted by Gasteiger charge is -2.22. The molecular formula is C15H16N4OS. The maximum absolute atomic E-state index is 12.4. The van der Waals surface area contributed by atoms with Gasteiger partial charge in [0.25, 0.3) is 5.91 Å². The Bertz CT molecular complexity index is 784. The molecule has 3 N–H and O–H groups in total. The van der Waals surface area contributed by atoms with Crippen molar-refractivity contribution >= 4 is 27.5 Å². The summed E-state index contributed by atoms with van der Waals surface area (Å²) < 4.78 is 1.12. The quantitative estimate of drug-likeness (QED) is 0.680. The second-order valence-corrected chi connectivity index (χ2v) is 6.52. The molecular weight excluding hydrogens is 284 g/mol. The van der Waals surface area contributed by atoms with Gasteiger partial charge in [0.2, 0.25) is 0 Å². The number of H-pyrrole nitrogens is 2. The van der Waals surface area contributed by atoms with E-state index in [0.717, 1.165) is 40.9 Å². The number of aryl methyl sites for hydroxylation is 2. The molecule has 0 bridgehead atoms. The van der Waals surface area contributed by atoms with Gasteiger partial charge in [-0.05, 0) is 49.3 Å². The van der Waals surface area contributed by atoms with E-state index in [9.17, 15) is 4.79 Å². The molecule has 21 heavy (non-hydrogen) atoms. The summed E-state index contributed by atoms with van der Waals surface area (Å²) in [6.07, 6.45) is 2.72. The molecule has 1 atom stereocenters. The number of fused-ring (bicyclic) bond motifs is 2. The topological polar surface area (TPSA) is 73.6 Å². The van der Waals surface area contributed by atoms with Gasteiger partial charge in [-0.3, -0.25) is 9.89 Å². The van der Waals surface area contributed by atoms with Crippen molar-refractivity contribution in [2.75, 3.05) is 0 Å². The molecule has 108 valence electrons. The number of thiophene rings is 1. The molecule has 4 rings (SSSR count). The van der Waals surface area contributed by atoms with E-state index in [0.29, 0.717) is 5.69 Å². The lowest BCUT2D eigenvalue weighted by molar-refractivity contribution is 0.0929. The molecule has 1 aliphatic carbocycles. The van der Waals surface area contributed by atoms with Crippen molar-refractivity contribution in [3.8, 4) is 0 Å². The average Bonchev–Trinajstić information content (AvgIpc) is 3.14. The fraction of sp³-hybridized carbons (Fsp3) is 0.333. The maximum Gasteiger partial charge on any atom is 0.267 e. The molecule has 0 radical (unpaired) electrons. The zero-order valence-electron chi connectivity index (χ0n) is 11.7. The van der Waals surface area contributed by atoms with E-state index < -0.39 is 0 Å². The largest absolute Gasteiger partial charge is 0.350 e. The predicted octanol–water partition coefficient (Wildman–Crippen LogP) is 2.55. The highest BCUT2D eigenvalue weighted by Gasteiger charge is 2.24. The van der Waals surface area contributed by atoms with Crippen LogP contribution in [0.15, 0.2) is 17.5 Å². The van der Waals surface area contributed by atoms with E-state index in [1.807, 2.05) is 24.4 Å². The Morgan fingerprint density at radius 1 is 1.52 bits per heavy atom. The van der Waals surface area contributed by atoms with Crippen LogP contribution in [0.25, 0.3) is 10.2 Å². The fourth-order valence-electron chi connectivity index (χ4n) is 3.00. The Balaban J connectivity index is 1.50. The summed E-state index contributed by atoms with van der Waals surface area (Å²) in [4.78, 5) is 15.5. The number of aromatic amines is 2. The second kappa shape index (κ2) is 4.73. The molecule has 1 amide bonds. The van der Waals surface area contributed by atoms with Crippen LogP contribution in [0.1, 0.15) is 33.9 Å². The van der Waals surface area contributed by atoms with Crippen LogP contribution in [-0.4, -0.2) is 27.1 Å². The molecule has 0 spiro atoms. The number of carbonyl (C=O) groups excluding carboxylic acids is 1. The molecule has 6 heteroatoms. The number of hydrogen-bond acceptors (Lipinski definition) is 3. The summed E-state index contributed by atoms with van der Waals surface area (Å²) in [5, 5.41) is 12.5. The lowest BCUT2D eigenvalue weighted by Crippen LogP contribution is -2.39. The minimum absolute atomic E-state index is 0.0204. The average molecular weight is 300 g/mol. The van der Waals surface area contributed by atoms with Crippen molar-refractivity contribution in [3.05, 3.63) is 40.2 Å². The molecule has 1 unspecified atom stereocenters. The van der Waals surface area contributed by atoms with E-state index in [-0.39, 0.29) is 11.9 Å². The monoisotopic (exact) mass is 300 g/mol. The summed E-state index contributed by atoms with van der Waals surface area (Å²) >= 11 is 1.64. The molecule has 0 saturated carbocycles. The van der Waals surface area contributed by atoms with Crippen LogP contribution >= 0.6 is 11.3 Å². The van der Waals surface area contributed by atoms with Crippen LogP contribution in [-0.2, 0) is 12.8 Å². The summed E-state index contributed by atoms with van der Waals surface area (Å²) in [5.41, 5.74) is 5.20. The number of amides is 1. The van der Waals surface area contributed by atoms with Crippen molar-refractivity contribution in [1.29, 1.82) is 0 Å². The molecule has 0 fully saturated rings. The summed E-state index contributed by atoms with van der Waals surface area (Å²) in [6, 6.07) is 4.10. The highest BCUT2D eigenvalue weighted by atomic mass is 32.1. The zero-order chi connectivity index (χ0) is 14.4. The Labute approximate surface area is 125 Å². The van der Waals surface area contributed by atoms with Crippen LogP contribution in [0.2, 0.25) is 0 Å². The fourth-order valence-corrected chi connectivity index (χ4v) is 3.78. The van der Waals surface area contributed by atoms with E-state index in [1.165, 1.54) is 5.56 Å². The summed E-state index contributed by atoms with van der Waals surface area (Å²) in [6.45, 7) is 2.04. The van der Waals surface area contributed by atoms with Gasteiger partial charge in [-0.15, -0.1) is 11.3 Å². The first-order chi connectivity index (χ1) is 10.2. The molecule has 3 aromatic rings. The van der Waals surface area contributed by atoms with Crippen molar-refractivity contribution in [3.63, 3.8) is 0 Å². The summed E-state index contributed by atoms with van der Waals surface area (Å²) in [7, 11) is 0. The number of carbonyl (C=O) groups is 1. The van der Waals surface area contributed by atoms with Gasteiger partial charge in [0.05, 0.1) is 15.9 Å². The highest BCUT2D eigenvalue weighted by molar-refractivity contribution is 7.17. The smallest absolute Gasteiger partial charge is 0.267 e. The molecule has 0 saturated heterocycles. The Kier molecular flexibility index (Phi) is 2.85. The van der Waals surface area contributed by atoms with Crippen molar-refractivity contribution in [1.82, 2.24) is 20.5 Å². The Morgan fingerprint density at radius 3 is 3.29 bits per heavy atom. The van der Waals surface area contributed by atoms with E-state index in [1.54, 1.807) is 11.3 Å². The zero-order valence-corrected chi connectivity index (χ0v) is 12.5. The lowest BCUT2D eigenvalue weighted by atomic mass is 9.92. The summed E-state index contributed by atoms with van der Waals surface area (Å²) in [5.74, 6) is -0.0204. The van der Waals surface area contributed by atoms with Gasteiger partial charge in [0.15, 0.2) is 0 Å². The van der Waals surface area contributed by atoms with Crippen molar-refractivity contribution < 1.29 is 4.79 Å². The predicted molar refractivity (Wildman–Crippen MR) is 82.8 cm³/mol. The highest BCUT2D eigenvalue weighted by Crippen LogP contribution is 2.24. The SMILES string of the molecule is Cc1[nH]nc2c1CC(NC(=O)c1cc3sccc3[nH]1)CC2. The number of aromatic nitrogens is 3. The van der Waals surface area contributed by atoms with Gasteiger partial charge >= 0.3 is 0 Å². The third kappa shape index (κ3) is 2.15. The molecule has 3 aromatic heterocycles. The maximum atomic E-state index is 12.4. The van der Waals surface area contributed by atoms with Crippen molar-refractivity contribution in [2.24, 2.45) is 0 Å². The third-order valence-electron chi connectivity index (χ3n) is 4.16.